The maximum Gasteiger partial charge on any atom is 0.152 e. The highest BCUT2D eigenvalue weighted by Gasteiger charge is 2.11. The summed E-state index contributed by atoms with van der Waals surface area (Å²) in [5.41, 5.74) is 6.30. The number of rotatable bonds is 3. The van der Waals surface area contributed by atoms with Crippen molar-refractivity contribution in [2.24, 2.45) is 5.73 Å². The molecule has 2 aromatic rings. The van der Waals surface area contributed by atoms with Crippen LogP contribution in [0.2, 0.25) is 0 Å². The summed E-state index contributed by atoms with van der Waals surface area (Å²) in [6.07, 6.45) is 0. The van der Waals surface area contributed by atoms with Crippen LogP contribution in [-0.2, 0) is 12.4 Å². The van der Waals surface area contributed by atoms with Gasteiger partial charge in [-0.05, 0) is 24.3 Å². The number of nitrogens with two attached hydrogens (primary N) is 1. The van der Waals surface area contributed by atoms with E-state index >= 15 is 0 Å². The lowest BCUT2D eigenvalue weighted by atomic mass is 10.3. The Balaban J connectivity index is 2.52. The third kappa shape index (κ3) is 1.91. The number of benzene rings is 1. The van der Waals surface area contributed by atoms with E-state index in [2.05, 4.69) is 10.2 Å². The fourth-order valence-electron chi connectivity index (χ4n) is 1.46. The summed E-state index contributed by atoms with van der Waals surface area (Å²) in [5.74, 6) is 1.12. The molecular formula is C10H10ClFN4. The van der Waals surface area contributed by atoms with Crippen molar-refractivity contribution in [3.05, 3.63) is 41.7 Å². The predicted octanol–water partition coefficient (Wildman–Crippen LogP) is 1.60. The Hall–Kier alpha value is -1.46. The highest BCUT2D eigenvalue weighted by Crippen LogP contribution is 2.15. The molecule has 0 radical (unpaired) electrons. The Kier molecular flexibility index (Phi) is 3.17. The molecule has 0 amide bonds. The molecule has 1 heterocycles. The first kappa shape index (κ1) is 11.0. The normalized spacial score (nSPS) is 10.7. The number of nitrogens with zero attached hydrogens (tertiary/aromatic N) is 3. The highest BCUT2D eigenvalue weighted by atomic mass is 35.5. The molecule has 0 atom stereocenters. The minimum Gasteiger partial charge on any atom is -0.324 e. The van der Waals surface area contributed by atoms with Crippen LogP contribution in [0.15, 0.2) is 24.3 Å². The van der Waals surface area contributed by atoms with Gasteiger partial charge in [-0.2, -0.15) is 0 Å². The van der Waals surface area contributed by atoms with E-state index in [1.807, 2.05) is 0 Å². The minimum absolute atomic E-state index is 0.227. The lowest BCUT2D eigenvalue weighted by Crippen LogP contribution is -2.08. The second kappa shape index (κ2) is 4.59. The monoisotopic (exact) mass is 240 g/mol. The zero-order chi connectivity index (χ0) is 11.5. The topological polar surface area (TPSA) is 56.7 Å². The third-order valence-corrected chi connectivity index (χ3v) is 2.42. The maximum atomic E-state index is 12.8. The van der Waals surface area contributed by atoms with E-state index in [4.69, 9.17) is 17.3 Å². The minimum atomic E-state index is -0.293. The lowest BCUT2D eigenvalue weighted by molar-refractivity contribution is 0.627. The summed E-state index contributed by atoms with van der Waals surface area (Å²) in [4.78, 5) is 0. The van der Waals surface area contributed by atoms with Crippen LogP contribution in [0.1, 0.15) is 11.6 Å². The van der Waals surface area contributed by atoms with Gasteiger partial charge < -0.3 is 5.73 Å². The molecule has 0 fully saturated rings. The molecule has 1 aromatic heterocycles. The molecule has 0 unspecified atom stereocenters. The average Bonchev–Trinajstić information content (AvgIpc) is 2.73. The fraction of sp³-hybridized carbons (Fsp3) is 0.200. The maximum absolute atomic E-state index is 12.8. The van der Waals surface area contributed by atoms with E-state index in [9.17, 15) is 4.39 Å². The average molecular weight is 241 g/mol. The SMILES string of the molecule is NCc1nnc(CCl)n1-c1ccc(F)cc1. The lowest BCUT2D eigenvalue weighted by Gasteiger charge is -2.07. The molecule has 4 nitrogen and oxygen atoms in total. The standard InChI is InChI=1S/C10H10ClFN4/c11-5-9-14-15-10(6-13)16(9)8-3-1-7(12)2-4-8/h1-4H,5-6,13H2. The van der Waals surface area contributed by atoms with Gasteiger partial charge in [-0.15, -0.1) is 21.8 Å². The molecule has 0 bridgehead atoms. The van der Waals surface area contributed by atoms with Crippen LogP contribution in [0, 0.1) is 5.82 Å². The molecule has 0 spiro atoms. The van der Waals surface area contributed by atoms with Crippen molar-refractivity contribution in [3.8, 4) is 5.69 Å². The van der Waals surface area contributed by atoms with Crippen molar-refractivity contribution in [1.29, 1.82) is 0 Å². The molecule has 6 heteroatoms. The number of hydrogen-bond donors (Lipinski definition) is 1. The van der Waals surface area contributed by atoms with E-state index in [1.54, 1.807) is 16.7 Å². The second-order valence-electron chi connectivity index (χ2n) is 3.18. The zero-order valence-electron chi connectivity index (χ0n) is 8.40. The number of aromatic nitrogens is 3. The summed E-state index contributed by atoms with van der Waals surface area (Å²) in [6.45, 7) is 0.251. The first-order chi connectivity index (χ1) is 7.76. The van der Waals surface area contributed by atoms with Gasteiger partial charge in [0, 0.05) is 5.69 Å². The fourth-order valence-corrected chi connectivity index (χ4v) is 1.63. The first-order valence-corrected chi connectivity index (χ1v) is 5.25. The van der Waals surface area contributed by atoms with Gasteiger partial charge in [0.25, 0.3) is 0 Å². The van der Waals surface area contributed by atoms with Gasteiger partial charge in [0.1, 0.15) is 5.82 Å². The van der Waals surface area contributed by atoms with Crippen molar-refractivity contribution >= 4 is 11.6 Å². The van der Waals surface area contributed by atoms with Crippen LogP contribution in [0.25, 0.3) is 5.69 Å². The van der Waals surface area contributed by atoms with Crippen LogP contribution in [0.5, 0.6) is 0 Å². The van der Waals surface area contributed by atoms with E-state index in [-0.39, 0.29) is 18.2 Å². The van der Waals surface area contributed by atoms with Gasteiger partial charge in [0.15, 0.2) is 11.6 Å². The number of hydrogen-bond acceptors (Lipinski definition) is 3. The molecule has 0 saturated heterocycles. The molecule has 2 N–H and O–H groups in total. The largest absolute Gasteiger partial charge is 0.324 e. The van der Waals surface area contributed by atoms with E-state index < -0.39 is 0 Å². The highest BCUT2D eigenvalue weighted by molar-refractivity contribution is 6.16. The van der Waals surface area contributed by atoms with Gasteiger partial charge in [0.05, 0.1) is 12.4 Å². The van der Waals surface area contributed by atoms with Crippen molar-refractivity contribution in [2.45, 2.75) is 12.4 Å². The summed E-state index contributed by atoms with van der Waals surface area (Å²) < 4.78 is 14.5. The van der Waals surface area contributed by atoms with Crippen molar-refractivity contribution < 1.29 is 4.39 Å². The van der Waals surface area contributed by atoms with Gasteiger partial charge in [0.2, 0.25) is 0 Å². The van der Waals surface area contributed by atoms with Crippen molar-refractivity contribution in [2.75, 3.05) is 0 Å². The van der Waals surface area contributed by atoms with E-state index in [0.717, 1.165) is 5.69 Å². The number of alkyl halides is 1. The predicted molar refractivity (Wildman–Crippen MR) is 58.8 cm³/mol. The van der Waals surface area contributed by atoms with Crippen LogP contribution < -0.4 is 5.73 Å². The molecule has 2 rings (SSSR count). The van der Waals surface area contributed by atoms with Crippen LogP contribution in [-0.4, -0.2) is 14.8 Å². The van der Waals surface area contributed by atoms with Crippen LogP contribution in [0.4, 0.5) is 4.39 Å². The molecule has 1 aromatic carbocycles. The van der Waals surface area contributed by atoms with Crippen molar-refractivity contribution in [1.82, 2.24) is 14.8 Å². The van der Waals surface area contributed by atoms with Crippen LogP contribution >= 0.6 is 11.6 Å². The Bertz CT molecular complexity index is 459. The van der Waals surface area contributed by atoms with Gasteiger partial charge >= 0.3 is 0 Å². The summed E-state index contributed by atoms with van der Waals surface area (Å²) in [6, 6.07) is 6.00. The number of halogens is 2. The first-order valence-electron chi connectivity index (χ1n) is 4.71. The Morgan fingerprint density at radius 3 is 2.38 bits per heavy atom. The summed E-state index contributed by atoms with van der Waals surface area (Å²) in [7, 11) is 0. The molecular weight excluding hydrogens is 231 g/mol. The Labute approximate surface area is 96.9 Å². The summed E-state index contributed by atoms with van der Waals surface area (Å²) >= 11 is 5.75. The second-order valence-corrected chi connectivity index (χ2v) is 3.45. The Morgan fingerprint density at radius 2 is 1.81 bits per heavy atom. The molecule has 0 saturated carbocycles. The smallest absolute Gasteiger partial charge is 0.152 e. The zero-order valence-corrected chi connectivity index (χ0v) is 9.15. The van der Waals surface area contributed by atoms with E-state index in [0.29, 0.717) is 11.6 Å². The van der Waals surface area contributed by atoms with Gasteiger partial charge in [-0.3, -0.25) is 4.57 Å². The van der Waals surface area contributed by atoms with Gasteiger partial charge in [-0.25, -0.2) is 4.39 Å². The molecule has 0 aliphatic carbocycles. The molecule has 0 aliphatic heterocycles. The summed E-state index contributed by atoms with van der Waals surface area (Å²) in [5, 5.41) is 7.83. The molecule has 84 valence electrons. The quantitative estimate of drug-likeness (QED) is 0.830. The Morgan fingerprint density at radius 1 is 1.19 bits per heavy atom. The van der Waals surface area contributed by atoms with Gasteiger partial charge in [-0.1, -0.05) is 0 Å². The van der Waals surface area contributed by atoms with E-state index in [1.165, 1.54) is 12.1 Å². The molecule has 16 heavy (non-hydrogen) atoms. The molecule has 0 aliphatic rings. The third-order valence-electron chi connectivity index (χ3n) is 2.18. The van der Waals surface area contributed by atoms with Crippen molar-refractivity contribution in [3.63, 3.8) is 0 Å². The van der Waals surface area contributed by atoms with Crippen LogP contribution in [0.3, 0.4) is 0 Å².